The smallest absolute Gasteiger partial charge is 0.199 e. The van der Waals surface area contributed by atoms with Gasteiger partial charge in [-0.05, 0) is 19.4 Å². The van der Waals surface area contributed by atoms with E-state index in [1.165, 1.54) is 0 Å². The molecule has 1 saturated carbocycles. The van der Waals surface area contributed by atoms with E-state index in [1.807, 2.05) is 19.1 Å². The minimum absolute atomic E-state index is 0.0129. The third-order valence-corrected chi connectivity index (χ3v) is 5.30. The molecule has 0 aromatic heterocycles. The van der Waals surface area contributed by atoms with E-state index in [0.29, 0.717) is 11.1 Å². The van der Waals surface area contributed by atoms with Crippen LogP contribution in [0, 0.1) is 18.8 Å². The van der Waals surface area contributed by atoms with Crippen LogP contribution in [0.5, 0.6) is 0 Å². The lowest BCUT2D eigenvalue weighted by molar-refractivity contribution is 0.0811. The molecule has 2 bridgehead atoms. The Morgan fingerprint density at radius 2 is 1.68 bits per heavy atom. The van der Waals surface area contributed by atoms with Crippen molar-refractivity contribution in [3.63, 3.8) is 0 Å². The summed E-state index contributed by atoms with van der Waals surface area (Å²) in [5.74, 6) is 0.201. The normalized spacial score (nSPS) is 44.1. The van der Waals surface area contributed by atoms with Gasteiger partial charge in [-0.2, -0.15) is 0 Å². The topological polar surface area (TPSA) is 46.7 Å². The summed E-state index contributed by atoms with van der Waals surface area (Å²) in [7, 11) is 0. The molecule has 5 rings (SSSR count). The lowest BCUT2D eigenvalue weighted by Crippen LogP contribution is -2.47. The second-order valence-corrected chi connectivity index (χ2v) is 6.11. The molecule has 2 fully saturated rings. The molecule has 4 unspecified atom stereocenters. The van der Waals surface area contributed by atoms with Gasteiger partial charge in [0.1, 0.15) is 0 Å². The summed E-state index contributed by atoms with van der Waals surface area (Å²) < 4.78 is 5.86. The average molecular weight is 252 g/mol. The third-order valence-electron chi connectivity index (χ3n) is 5.30. The Bertz CT molecular complexity index is 717. The summed E-state index contributed by atoms with van der Waals surface area (Å²) >= 11 is 0. The number of ketones is 2. The van der Waals surface area contributed by atoms with E-state index in [1.54, 1.807) is 6.07 Å². The van der Waals surface area contributed by atoms with Crippen molar-refractivity contribution < 1.29 is 14.3 Å². The van der Waals surface area contributed by atoms with Crippen LogP contribution in [0.1, 0.15) is 32.7 Å². The van der Waals surface area contributed by atoms with Crippen molar-refractivity contribution in [2.75, 3.05) is 0 Å². The van der Waals surface area contributed by atoms with Crippen molar-refractivity contribution in [1.82, 2.24) is 0 Å². The Balaban J connectivity index is 1.83. The van der Waals surface area contributed by atoms with Crippen LogP contribution in [-0.4, -0.2) is 22.8 Å². The SMILES string of the molecule is Cc1ccc2c(c1)C(=O)C13OC1(C2=O)C1C=CC3C1. The Kier molecular flexibility index (Phi) is 1.37. The molecule has 3 nitrogen and oxygen atoms in total. The fourth-order valence-corrected chi connectivity index (χ4v) is 4.44. The Labute approximate surface area is 110 Å². The molecule has 94 valence electrons. The van der Waals surface area contributed by atoms with Crippen LogP contribution in [0.2, 0.25) is 0 Å². The second-order valence-electron chi connectivity index (χ2n) is 6.11. The molecule has 0 spiro atoms. The van der Waals surface area contributed by atoms with Gasteiger partial charge in [0.15, 0.2) is 22.8 Å². The quantitative estimate of drug-likeness (QED) is 0.524. The molecular formula is C16H12O3. The molecule has 0 N–H and O–H groups in total. The number of epoxide rings is 1. The number of benzene rings is 1. The summed E-state index contributed by atoms with van der Waals surface area (Å²) in [4.78, 5) is 25.6. The number of aryl methyl sites for hydroxylation is 1. The van der Waals surface area contributed by atoms with E-state index in [9.17, 15) is 9.59 Å². The maximum absolute atomic E-state index is 12.8. The molecule has 3 aliphatic carbocycles. The van der Waals surface area contributed by atoms with Gasteiger partial charge in [-0.1, -0.05) is 29.8 Å². The van der Waals surface area contributed by atoms with Gasteiger partial charge in [0.05, 0.1) is 0 Å². The Morgan fingerprint density at radius 1 is 1.05 bits per heavy atom. The number of carbonyl (C=O) groups excluding carboxylic acids is 2. The molecule has 4 atom stereocenters. The van der Waals surface area contributed by atoms with Gasteiger partial charge in [0, 0.05) is 23.0 Å². The van der Waals surface area contributed by atoms with Crippen LogP contribution in [0.15, 0.2) is 30.4 Å². The molecule has 1 saturated heterocycles. The van der Waals surface area contributed by atoms with E-state index in [4.69, 9.17) is 4.74 Å². The molecule has 1 heterocycles. The number of hydrogen-bond acceptors (Lipinski definition) is 3. The highest BCUT2D eigenvalue weighted by atomic mass is 16.6. The van der Waals surface area contributed by atoms with Crippen LogP contribution >= 0.6 is 0 Å². The van der Waals surface area contributed by atoms with Gasteiger partial charge in [0.25, 0.3) is 0 Å². The number of Topliss-reactive ketones (excluding diaryl/α,β-unsaturated/α-hetero) is 2. The summed E-state index contributed by atoms with van der Waals surface area (Å²) in [6.07, 6.45) is 4.99. The van der Waals surface area contributed by atoms with Gasteiger partial charge < -0.3 is 4.74 Å². The van der Waals surface area contributed by atoms with Crippen molar-refractivity contribution in [2.24, 2.45) is 11.8 Å². The zero-order chi connectivity index (χ0) is 13.0. The molecular weight excluding hydrogens is 240 g/mol. The minimum atomic E-state index is -0.857. The number of ether oxygens (including phenoxy) is 1. The van der Waals surface area contributed by atoms with Gasteiger partial charge in [-0.25, -0.2) is 0 Å². The molecule has 3 heteroatoms. The molecule has 1 aromatic carbocycles. The van der Waals surface area contributed by atoms with Crippen LogP contribution < -0.4 is 0 Å². The summed E-state index contributed by atoms with van der Waals surface area (Å²) in [6, 6.07) is 5.49. The van der Waals surface area contributed by atoms with Crippen LogP contribution in [-0.2, 0) is 4.74 Å². The third kappa shape index (κ3) is 0.776. The zero-order valence-corrected chi connectivity index (χ0v) is 10.5. The highest BCUT2D eigenvalue weighted by Crippen LogP contribution is 2.72. The van der Waals surface area contributed by atoms with Crippen molar-refractivity contribution in [3.8, 4) is 0 Å². The fraction of sp³-hybridized carbons (Fsp3) is 0.375. The van der Waals surface area contributed by atoms with E-state index in [-0.39, 0.29) is 23.4 Å². The molecule has 19 heavy (non-hydrogen) atoms. The Hall–Kier alpha value is -1.74. The van der Waals surface area contributed by atoms with Crippen LogP contribution in [0.3, 0.4) is 0 Å². The molecule has 1 aliphatic heterocycles. The van der Waals surface area contributed by atoms with Crippen LogP contribution in [0.25, 0.3) is 0 Å². The first-order chi connectivity index (χ1) is 9.11. The minimum Gasteiger partial charge on any atom is -0.344 e. The van der Waals surface area contributed by atoms with Gasteiger partial charge in [-0.3, -0.25) is 9.59 Å². The molecule has 4 aliphatic rings. The first-order valence-electron chi connectivity index (χ1n) is 6.70. The fourth-order valence-electron chi connectivity index (χ4n) is 4.44. The number of hydrogen-bond donors (Lipinski definition) is 0. The first-order valence-corrected chi connectivity index (χ1v) is 6.70. The predicted octanol–water partition coefficient (Wildman–Crippen LogP) is 2.09. The number of fused-ring (bicyclic) bond motifs is 3. The Morgan fingerprint density at radius 3 is 2.37 bits per heavy atom. The average Bonchev–Trinajstić information content (AvgIpc) is 2.82. The van der Waals surface area contributed by atoms with Crippen molar-refractivity contribution in [3.05, 3.63) is 47.0 Å². The van der Waals surface area contributed by atoms with Crippen molar-refractivity contribution in [1.29, 1.82) is 0 Å². The highest BCUT2D eigenvalue weighted by Gasteiger charge is 2.89. The summed E-state index contributed by atoms with van der Waals surface area (Å²) in [5.41, 5.74) is 0.391. The monoisotopic (exact) mass is 252 g/mol. The van der Waals surface area contributed by atoms with E-state index < -0.39 is 11.2 Å². The molecule has 0 radical (unpaired) electrons. The maximum Gasteiger partial charge on any atom is 0.199 e. The van der Waals surface area contributed by atoms with Crippen molar-refractivity contribution in [2.45, 2.75) is 24.5 Å². The highest BCUT2D eigenvalue weighted by molar-refractivity contribution is 6.26. The molecule has 1 aromatic rings. The van der Waals surface area contributed by atoms with Crippen molar-refractivity contribution >= 4 is 11.6 Å². The largest absolute Gasteiger partial charge is 0.344 e. The zero-order valence-electron chi connectivity index (χ0n) is 10.5. The van der Waals surface area contributed by atoms with E-state index in [0.717, 1.165) is 12.0 Å². The van der Waals surface area contributed by atoms with Gasteiger partial charge in [-0.15, -0.1) is 0 Å². The summed E-state index contributed by atoms with van der Waals surface area (Å²) in [5, 5.41) is 0. The second kappa shape index (κ2) is 2.59. The lowest BCUT2D eigenvalue weighted by Gasteiger charge is -2.25. The maximum atomic E-state index is 12.8. The predicted molar refractivity (Wildman–Crippen MR) is 67.1 cm³/mol. The standard InChI is InChI=1S/C16H12O3/c1-8-2-5-11-12(6-8)14(18)16-10-4-3-9(7-10)15(16,19-16)13(11)17/h2-6,9-10H,7H2,1H3. The first kappa shape index (κ1) is 10.1. The van der Waals surface area contributed by atoms with Crippen LogP contribution in [0.4, 0.5) is 0 Å². The van der Waals surface area contributed by atoms with E-state index >= 15 is 0 Å². The van der Waals surface area contributed by atoms with E-state index in [2.05, 4.69) is 12.2 Å². The summed E-state index contributed by atoms with van der Waals surface area (Å²) in [6.45, 7) is 1.94. The number of rotatable bonds is 0. The lowest BCUT2D eigenvalue weighted by atomic mass is 9.69. The molecule has 0 amide bonds. The van der Waals surface area contributed by atoms with Gasteiger partial charge >= 0.3 is 0 Å². The number of carbonyl (C=O) groups is 2. The van der Waals surface area contributed by atoms with Gasteiger partial charge in [0.2, 0.25) is 0 Å².